The Morgan fingerprint density at radius 2 is 2.00 bits per heavy atom. The van der Waals surface area contributed by atoms with Crippen molar-refractivity contribution in [3.63, 3.8) is 0 Å². The predicted molar refractivity (Wildman–Crippen MR) is 112 cm³/mol. The van der Waals surface area contributed by atoms with Crippen molar-refractivity contribution in [1.29, 1.82) is 0 Å². The first-order chi connectivity index (χ1) is 13.0. The van der Waals surface area contributed by atoms with E-state index in [0.717, 1.165) is 36.3 Å². The average molecular weight is 382 g/mol. The molecule has 142 valence electrons. The number of ether oxygens (including phenoxy) is 2. The van der Waals surface area contributed by atoms with Crippen molar-refractivity contribution in [3.05, 3.63) is 52.1 Å². The third-order valence-electron chi connectivity index (χ3n) is 5.93. The van der Waals surface area contributed by atoms with Crippen molar-refractivity contribution in [1.82, 2.24) is 0 Å². The Balaban J connectivity index is 1.96. The summed E-state index contributed by atoms with van der Waals surface area (Å²) in [6.45, 7) is 5.08. The van der Waals surface area contributed by atoms with Crippen LogP contribution in [0.3, 0.4) is 0 Å². The normalized spacial score (nSPS) is 17.0. The summed E-state index contributed by atoms with van der Waals surface area (Å²) in [5.41, 5.74) is 8.27. The fourth-order valence-electron chi connectivity index (χ4n) is 4.30. The Morgan fingerprint density at radius 3 is 2.70 bits per heavy atom. The number of carbonyl (C=O) groups excluding carboxylic acids is 1. The Bertz CT molecular complexity index is 899. The molecule has 2 aromatic carbocycles. The first-order valence-electron chi connectivity index (χ1n) is 9.75. The molecule has 0 N–H and O–H groups in total. The minimum absolute atomic E-state index is 0.212. The van der Waals surface area contributed by atoms with Crippen LogP contribution in [0.15, 0.2) is 24.3 Å². The molecule has 0 saturated heterocycles. The van der Waals surface area contributed by atoms with E-state index in [1.807, 2.05) is 0 Å². The van der Waals surface area contributed by atoms with Gasteiger partial charge in [0.05, 0.1) is 19.4 Å². The van der Waals surface area contributed by atoms with Crippen LogP contribution in [0.4, 0.5) is 0 Å². The number of hydrogen-bond donors (Lipinski definition) is 0. The van der Waals surface area contributed by atoms with E-state index in [1.165, 1.54) is 47.8 Å². The van der Waals surface area contributed by atoms with Crippen LogP contribution in [0.2, 0.25) is 0 Å². The minimum Gasteiger partial charge on any atom is -0.493 e. The lowest BCUT2D eigenvalue weighted by Crippen LogP contribution is -2.13. The number of hydrogen-bond acceptors (Lipinski definition) is 3. The number of methoxy groups -OCH3 is 1. The summed E-state index contributed by atoms with van der Waals surface area (Å²) in [6, 6.07) is 8.70. The maximum absolute atomic E-state index is 12.4. The number of rotatable bonds is 4. The van der Waals surface area contributed by atoms with Crippen LogP contribution in [0, 0.1) is 13.8 Å². The quantitative estimate of drug-likeness (QED) is 0.534. The van der Waals surface area contributed by atoms with Gasteiger partial charge in [0.15, 0.2) is 0 Å². The molecule has 3 nitrogen and oxygen atoms in total. The second-order valence-corrected chi connectivity index (χ2v) is 8.37. The van der Waals surface area contributed by atoms with Gasteiger partial charge in [-0.25, -0.2) is 0 Å². The van der Waals surface area contributed by atoms with Crippen LogP contribution in [-0.4, -0.2) is 19.7 Å². The SMILES string of the molecule is COC(=O)C(P)c1c(C)ccc(C2CC2)c1-c1ccc2c(c1C)CCCO2. The first kappa shape index (κ1) is 18.5. The fraction of sp³-hybridized carbons (Fsp3) is 0.435. The highest BCUT2D eigenvalue weighted by atomic mass is 31.0. The van der Waals surface area contributed by atoms with Crippen LogP contribution in [0.25, 0.3) is 11.1 Å². The average Bonchev–Trinajstić information content (AvgIpc) is 3.52. The Labute approximate surface area is 163 Å². The number of aryl methyl sites for hydroxylation is 1. The van der Waals surface area contributed by atoms with Crippen molar-refractivity contribution in [2.24, 2.45) is 0 Å². The van der Waals surface area contributed by atoms with E-state index in [2.05, 4.69) is 47.4 Å². The Morgan fingerprint density at radius 1 is 1.22 bits per heavy atom. The fourth-order valence-corrected chi connectivity index (χ4v) is 4.87. The molecule has 0 amide bonds. The molecule has 1 aliphatic heterocycles. The molecule has 2 aromatic rings. The van der Waals surface area contributed by atoms with E-state index in [1.54, 1.807) is 0 Å². The molecule has 2 atom stereocenters. The lowest BCUT2D eigenvalue weighted by Gasteiger charge is -2.25. The molecule has 27 heavy (non-hydrogen) atoms. The van der Waals surface area contributed by atoms with Crippen LogP contribution in [-0.2, 0) is 16.0 Å². The number of benzene rings is 2. The standard InChI is InChI=1S/C23H27O3P/c1-13-6-9-18(15-7-8-15)21(20(13)22(27)23(24)25-3)17-10-11-19-16(14(17)2)5-4-12-26-19/h6,9-11,15,22H,4-5,7-8,12,27H2,1-3H3. The topological polar surface area (TPSA) is 35.5 Å². The molecule has 4 rings (SSSR count). The zero-order chi connectivity index (χ0) is 19.1. The minimum atomic E-state index is -0.365. The first-order valence-corrected chi connectivity index (χ1v) is 10.4. The molecular weight excluding hydrogens is 355 g/mol. The van der Waals surface area contributed by atoms with Gasteiger partial charge in [-0.1, -0.05) is 18.2 Å². The summed E-state index contributed by atoms with van der Waals surface area (Å²) in [5, 5.41) is 0. The van der Waals surface area contributed by atoms with Crippen LogP contribution in [0.5, 0.6) is 5.75 Å². The molecule has 2 aliphatic rings. The zero-order valence-corrected chi connectivity index (χ0v) is 17.5. The summed E-state index contributed by atoms with van der Waals surface area (Å²) in [7, 11) is 4.16. The van der Waals surface area contributed by atoms with Gasteiger partial charge in [-0.05, 0) is 90.5 Å². The largest absolute Gasteiger partial charge is 0.493 e. The summed E-state index contributed by atoms with van der Waals surface area (Å²) >= 11 is 0. The molecule has 1 saturated carbocycles. The maximum Gasteiger partial charge on any atom is 0.317 e. The van der Waals surface area contributed by atoms with Gasteiger partial charge in [0.1, 0.15) is 5.75 Å². The highest BCUT2D eigenvalue weighted by molar-refractivity contribution is 7.19. The molecular formula is C23H27O3P. The lowest BCUT2D eigenvalue weighted by molar-refractivity contribution is -0.140. The summed E-state index contributed by atoms with van der Waals surface area (Å²) in [5.74, 6) is 1.40. The van der Waals surface area contributed by atoms with Crippen molar-refractivity contribution >= 4 is 15.2 Å². The molecule has 4 heteroatoms. The molecule has 1 aliphatic carbocycles. The molecule has 0 radical (unpaired) electrons. The van der Waals surface area contributed by atoms with Crippen molar-refractivity contribution in [2.75, 3.05) is 13.7 Å². The predicted octanol–water partition coefficient (Wildman–Crippen LogP) is 5.26. The van der Waals surface area contributed by atoms with Gasteiger partial charge in [-0.2, -0.15) is 0 Å². The van der Waals surface area contributed by atoms with Gasteiger partial charge in [0.2, 0.25) is 0 Å². The Kier molecular flexibility index (Phi) is 4.99. The molecule has 2 unspecified atom stereocenters. The van der Waals surface area contributed by atoms with Gasteiger partial charge < -0.3 is 9.47 Å². The van der Waals surface area contributed by atoms with E-state index < -0.39 is 0 Å². The van der Waals surface area contributed by atoms with E-state index >= 15 is 0 Å². The smallest absolute Gasteiger partial charge is 0.317 e. The van der Waals surface area contributed by atoms with Gasteiger partial charge in [0.25, 0.3) is 0 Å². The highest BCUT2D eigenvalue weighted by Gasteiger charge is 2.32. The van der Waals surface area contributed by atoms with Gasteiger partial charge >= 0.3 is 5.97 Å². The van der Waals surface area contributed by atoms with Gasteiger partial charge in [-0.15, -0.1) is 9.24 Å². The van der Waals surface area contributed by atoms with E-state index in [-0.39, 0.29) is 11.6 Å². The molecule has 0 bridgehead atoms. The Hall–Kier alpha value is -1.86. The van der Waals surface area contributed by atoms with Crippen LogP contribution in [0.1, 0.15) is 58.7 Å². The van der Waals surface area contributed by atoms with E-state index in [9.17, 15) is 4.79 Å². The van der Waals surface area contributed by atoms with Crippen molar-refractivity contribution < 1.29 is 14.3 Å². The second kappa shape index (κ2) is 7.28. The summed E-state index contributed by atoms with van der Waals surface area (Å²) < 4.78 is 10.9. The van der Waals surface area contributed by atoms with Crippen LogP contribution < -0.4 is 4.74 Å². The van der Waals surface area contributed by atoms with Crippen molar-refractivity contribution in [2.45, 2.75) is 51.1 Å². The number of esters is 1. The monoisotopic (exact) mass is 382 g/mol. The van der Waals surface area contributed by atoms with E-state index in [0.29, 0.717) is 5.92 Å². The van der Waals surface area contributed by atoms with Gasteiger partial charge in [0, 0.05) is 0 Å². The molecule has 1 fully saturated rings. The van der Waals surface area contributed by atoms with E-state index in [4.69, 9.17) is 9.47 Å². The summed E-state index contributed by atoms with van der Waals surface area (Å²) in [6.07, 6.45) is 4.56. The van der Waals surface area contributed by atoms with Crippen LogP contribution >= 0.6 is 9.24 Å². The third kappa shape index (κ3) is 3.27. The highest BCUT2D eigenvalue weighted by Crippen LogP contribution is 2.50. The molecule has 0 aromatic heterocycles. The van der Waals surface area contributed by atoms with Crippen molar-refractivity contribution in [3.8, 4) is 16.9 Å². The molecule has 0 spiro atoms. The second-order valence-electron chi connectivity index (χ2n) is 7.70. The molecule has 1 heterocycles. The maximum atomic E-state index is 12.4. The number of fused-ring (bicyclic) bond motifs is 1. The summed E-state index contributed by atoms with van der Waals surface area (Å²) in [4.78, 5) is 12.4. The lowest BCUT2D eigenvalue weighted by atomic mass is 9.84. The zero-order valence-electron chi connectivity index (χ0n) is 16.3. The number of carbonyl (C=O) groups is 1. The third-order valence-corrected chi connectivity index (χ3v) is 6.54. The van der Waals surface area contributed by atoms with Gasteiger partial charge in [-0.3, -0.25) is 4.79 Å².